The van der Waals surface area contributed by atoms with Crippen LogP contribution in [0, 0.1) is 0 Å². The molecule has 17 heavy (non-hydrogen) atoms. The highest BCUT2D eigenvalue weighted by Crippen LogP contribution is 2.18. The van der Waals surface area contributed by atoms with Gasteiger partial charge in [0, 0.05) is 18.2 Å². The zero-order valence-corrected chi connectivity index (χ0v) is 10.2. The monoisotopic (exact) mass is 252 g/mol. The molecule has 0 spiro atoms. The van der Waals surface area contributed by atoms with E-state index in [0.29, 0.717) is 18.6 Å². The quantitative estimate of drug-likeness (QED) is 0.590. The highest BCUT2D eigenvalue weighted by molar-refractivity contribution is 7.90. The Labute approximate surface area is 99.8 Å². The summed E-state index contributed by atoms with van der Waals surface area (Å²) in [5.41, 5.74) is 1.42. The number of sulfone groups is 1. The van der Waals surface area contributed by atoms with Gasteiger partial charge in [-0.3, -0.25) is 0 Å². The molecule has 1 aliphatic heterocycles. The van der Waals surface area contributed by atoms with Gasteiger partial charge in [-0.05, 0) is 23.8 Å². The Morgan fingerprint density at radius 2 is 1.88 bits per heavy atom. The Hall–Kier alpha value is -1.62. The Kier molecular flexibility index (Phi) is 3.02. The fraction of sp³-hybridized carbons (Fsp3) is 0.250. The smallest absolute Gasteiger partial charge is 0.334 e. The summed E-state index contributed by atoms with van der Waals surface area (Å²) in [5.74, 6) is -0.294. The van der Waals surface area contributed by atoms with Gasteiger partial charge >= 0.3 is 5.97 Å². The van der Waals surface area contributed by atoms with Crippen LogP contribution in [0.2, 0.25) is 0 Å². The van der Waals surface area contributed by atoms with Crippen LogP contribution >= 0.6 is 0 Å². The van der Waals surface area contributed by atoms with Crippen LogP contribution in [0.25, 0.3) is 6.08 Å². The van der Waals surface area contributed by atoms with Gasteiger partial charge in [0.05, 0.1) is 11.5 Å². The highest BCUT2D eigenvalue weighted by atomic mass is 32.2. The van der Waals surface area contributed by atoms with E-state index in [1.807, 2.05) is 0 Å². The van der Waals surface area contributed by atoms with E-state index in [-0.39, 0.29) is 10.9 Å². The summed E-state index contributed by atoms with van der Waals surface area (Å²) < 4.78 is 27.3. The topological polar surface area (TPSA) is 60.4 Å². The number of hydrogen-bond donors (Lipinski definition) is 0. The van der Waals surface area contributed by atoms with Crippen LogP contribution in [0.3, 0.4) is 0 Å². The van der Waals surface area contributed by atoms with Crippen LogP contribution < -0.4 is 0 Å². The fourth-order valence-corrected chi connectivity index (χ4v) is 2.22. The van der Waals surface area contributed by atoms with Crippen molar-refractivity contribution >= 4 is 21.9 Å². The lowest BCUT2D eigenvalue weighted by Gasteiger charge is -1.99. The molecule has 0 aromatic heterocycles. The summed E-state index contributed by atoms with van der Waals surface area (Å²) in [4.78, 5) is 11.5. The van der Waals surface area contributed by atoms with Crippen molar-refractivity contribution in [1.82, 2.24) is 0 Å². The molecule has 1 aromatic carbocycles. The minimum absolute atomic E-state index is 0.272. The molecule has 1 heterocycles. The number of ether oxygens (including phenoxy) is 1. The van der Waals surface area contributed by atoms with Crippen LogP contribution in [-0.2, 0) is 19.4 Å². The van der Waals surface area contributed by atoms with Crippen LogP contribution in [0.4, 0.5) is 0 Å². The molecular weight excluding hydrogens is 240 g/mol. The van der Waals surface area contributed by atoms with Crippen molar-refractivity contribution in [2.75, 3.05) is 12.9 Å². The van der Waals surface area contributed by atoms with Crippen molar-refractivity contribution in [3.63, 3.8) is 0 Å². The number of benzene rings is 1. The van der Waals surface area contributed by atoms with Crippen LogP contribution in [0.1, 0.15) is 12.0 Å². The lowest BCUT2D eigenvalue weighted by molar-refractivity contribution is -0.134. The second kappa shape index (κ2) is 4.33. The van der Waals surface area contributed by atoms with Gasteiger partial charge in [0.15, 0.2) is 9.84 Å². The zero-order chi connectivity index (χ0) is 12.5. The number of carbonyl (C=O) groups is 1. The van der Waals surface area contributed by atoms with Gasteiger partial charge in [0.1, 0.15) is 0 Å². The maximum Gasteiger partial charge on any atom is 0.334 e. The van der Waals surface area contributed by atoms with Gasteiger partial charge in [-0.15, -0.1) is 0 Å². The molecule has 1 saturated heterocycles. The van der Waals surface area contributed by atoms with Crippen molar-refractivity contribution < 1.29 is 17.9 Å². The zero-order valence-electron chi connectivity index (χ0n) is 9.34. The van der Waals surface area contributed by atoms with Gasteiger partial charge in [0.2, 0.25) is 0 Å². The molecule has 4 nitrogen and oxygen atoms in total. The summed E-state index contributed by atoms with van der Waals surface area (Å²) in [6.07, 6.45) is 3.49. The lowest BCUT2D eigenvalue weighted by atomic mass is 10.1. The molecule has 1 aromatic rings. The third kappa shape index (κ3) is 2.74. The molecule has 90 valence electrons. The van der Waals surface area contributed by atoms with E-state index in [1.54, 1.807) is 18.2 Å². The Morgan fingerprint density at radius 3 is 2.35 bits per heavy atom. The molecule has 0 radical (unpaired) electrons. The first-order valence-corrected chi connectivity index (χ1v) is 7.04. The highest BCUT2D eigenvalue weighted by Gasteiger charge is 2.18. The predicted octanol–water partition coefficient (Wildman–Crippen LogP) is 1.42. The maximum absolute atomic E-state index is 11.3. The van der Waals surface area contributed by atoms with Gasteiger partial charge in [0.25, 0.3) is 0 Å². The second-order valence-corrected chi connectivity index (χ2v) is 5.91. The summed E-state index contributed by atoms with van der Waals surface area (Å²) in [6.45, 7) is 0.423. The number of rotatable bonds is 2. The number of cyclic esters (lactones) is 1. The second-order valence-electron chi connectivity index (χ2n) is 3.90. The molecule has 5 heteroatoms. The third-order valence-electron chi connectivity index (χ3n) is 2.52. The molecule has 1 fully saturated rings. The van der Waals surface area contributed by atoms with Gasteiger partial charge in [-0.2, -0.15) is 0 Å². The van der Waals surface area contributed by atoms with Gasteiger partial charge < -0.3 is 4.74 Å². The number of hydrogen-bond acceptors (Lipinski definition) is 4. The third-order valence-corrected chi connectivity index (χ3v) is 3.64. The molecule has 0 aliphatic carbocycles. The number of esters is 1. The van der Waals surface area contributed by atoms with E-state index in [9.17, 15) is 13.2 Å². The van der Waals surface area contributed by atoms with E-state index in [1.165, 1.54) is 12.1 Å². The molecule has 2 rings (SSSR count). The summed E-state index contributed by atoms with van der Waals surface area (Å²) in [5, 5.41) is 0. The van der Waals surface area contributed by atoms with Crippen LogP contribution in [-0.4, -0.2) is 27.2 Å². The fourth-order valence-electron chi connectivity index (χ4n) is 1.59. The van der Waals surface area contributed by atoms with Crippen molar-refractivity contribution in [2.24, 2.45) is 0 Å². The van der Waals surface area contributed by atoms with E-state index in [2.05, 4.69) is 0 Å². The molecule has 0 amide bonds. The van der Waals surface area contributed by atoms with Gasteiger partial charge in [-0.25, -0.2) is 13.2 Å². The molecule has 1 aliphatic rings. The Morgan fingerprint density at radius 1 is 1.24 bits per heavy atom. The average molecular weight is 252 g/mol. The van der Waals surface area contributed by atoms with Crippen molar-refractivity contribution in [3.8, 4) is 0 Å². The minimum Gasteiger partial charge on any atom is -0.462 e. The first-order valence-electron chi connectivity index (χ1n) is 5.14. The average Bonchev–Trinajstić information content (AvgIpc) is 2.64. The number of carbonyl (C=O) groups excluding carboxylic acids is 1. The molecule has 0 atom stereocenters. The van der Waals surface area contributed by atoms with Crippen LogP contribution in [0.15, 0.2) is 34.7 Å². The van der Waals surface area contributed by atoms with Crippen molar-refractivity contribution in [1.29, 1.82) is 0 Å². The van der Waals surface area contributed by atoms with E-state index in [4.69, 9.17) is 4.74 Å². The Bertz CT molecular complexity index is 567. The largest absolute Gasteiger partial charge is 0.462 e. The first-order chi connectivity index (χ1) is 7.97. The standard InChI is InChI=1S/C12H12O4S/c1-17(14,15)11-4-2-9(3-5-11)8-10-6-7-16-12(10)13/h2-5,8H,6-7H2,1H3. The van der Waals surface area contributed by atoms with E-state index in [0.717, 1.165) is 11.8 Å². The molecule has 0 unspecified atom stereocenters. The predicted molar refractivity (Wildman–Crippen MR) is 63.1 cm³/mol. The summed E-state index contributed by atoms with van der Waals surface area (Å²) >= 11 is 0. The molecular formula is C12H12O4S. The van der Waals surface area contributed by atoms with Crippen molar-refractivity contribution in [2.45, 2.75) is 11.3 Å². The normalized spacial score (nSPS) is 18.4. The molecule has 0 saturated carbocycles. The molecule has 0 N–H and O–H groups in total. The summed E-state index contributed by atoms with van der Waals surface area (Å²) in [6, 6.07) is 6.41. The summed E-state index contributed by atoms with van der Waals surface area (Å²) in [7, 11) is -3.17. The van der Waals surface area contributed by atoms with Gasteiger partial charge in [-0.1, -0.05) is 12.1 Å². The minimum atomic E-state index is -3.17. The first kappa shape index (κ1) is 11.9. The van der Waals surface area contributed by atoms with E-state index >= 15 is 0 Å². The lowest BCUT2D eigenvalue weighted by Crippen LogP contribution is -1.97. The Balaban J connectivity index is 2.28. The van der Waals surface area contributed by atoms with E-state index < -0.39 is 9.84 Å². The van der Waals surface area contributed by atoms with Crippen LogP contribution in [0.5, 0.6) is 0 Å². The van der Waals surface area contributed by atoms with Crippen molar-refractivity contribution in [3.05, 3.63) is 35.4 Å². The SMILES string of the molecule is CS(=O)(=O)c1ccc(C=C2CCOC2=O)cc1. The molecule has 0 bridgehead atoms. The maximum atomic E-state index is 11.3.